The molecule has 0 atom stereocenters. The van der Waals surface area contributed by atoms with Gasteiger partial charge in [0.25, 0.3) is 0 Å². The number of nitriles is 1. The van der Waals surface area contributed by atoms with E-state index in [0.717, 1.165) is 28.1 Å². The summed E-state index contributed by atoms with van der Waals surface area (Å²) in [6.07, 6.45) is -6.87. The Bertz CT molecular complexity index is 1500. The molecule has 0 amide bonds. The van der Waals surface area contributed by atoms with Crippen LogP contribution in [0.5, 0.6) is 5.75 Å². The lowest BCUT2D eigenvalue weighted by Crippen LogP contribution is -2.21. The van der Waals surface area contributed by atoms with Crippen molar-refractivity contribution in [2.45, 2.75) is 31.9 Å². The number of nitrogens with zero attached hydrogens (tertiary/aromatic N) is 2. The molecule has 0 aliphatic carbocycles. The fraction of sp³-hybridized carbons (Fsp3) is 0.214. The molecular formula is C28H23F6N3O3. The predicted molar refractivity (Wildman–Crippen MR) is 134 cm³/mol. The molecule has 0 unspecified atom stereocenters. The molecule has 3 aromatic carbocycles. The van der Waals surface area contributed by atoms with Gasteiger partial charge in [0.2, 0.25) is 0 Å². The summed E-state index contributed by atoms with van der Waals surface area (Å²) in [5.41, 5.74) is 9.16. The van der Waals surface area contributed by atoms with E-state index in [9.17, 15) is 26.3 Å². The van der Waals surface area contributed by atoms with Crippen molar-refractivity contribution in [2.24, 2.45) is 5.73 Å². The summed E-state index contributed by atoms with van der Waals surface area (Å²) < 4.78 is 78.9. The van der Waals surface area contributed by atoms with E-state index in [1.165, 1.54) is 12.1 Å². The Labute approximate surface area is 224 Å². The Hall–Kier alpha value is -4.50. The van der Waals surface area contributed by atoms with Gasteiger partial charge in [-0.2, -0.15) is 31.6 Å². The number of benzene rings is 3. The van der Waals surface area contributed by atoms with Gasteiger partial charge in [0.15, 0.2) is 0 Å². The van der Waals surface area contributed by atoms with Crippen LogP contribution in [0, 0.1) is 11.3 Å². The second-order valence-electron chi connectivity index (χ2n) is 8.60. The highest BCUT2D eigenvalue weighted by Crippen LogP contribution is 2.31. The molecular weight excluding hydrogens is 540 g/mol. The van der Waals surface area contributed by atoms with Crippen molar-refractivity contribution >= 4 is 16.9 Å². The van der Waals surface area contributed by atoms with E-state index in [1.54, 1.807) is 18.2 Å². The molecule has 6 nitrogen and oxygen atoms in total. The molecule has 0 fully saturated rings. The number of carbonyl (C=O) groups is 1. The van der Waals surface area contributed by atoms with Gasteiger partial charge in [-0.3, -0.25) is 0 Å². The van der Waals surface area contributed by atoms with Gasteiger partial charge in [-0.15, -0.1) is 0 Å². The lowest BCUT2D eigenvalue weighted by atomic mass is 10.1. The SMILES string of the molecule is N#Cc1ccc(COc2ccc3c(c2)c(CCN)cn3Cc2cccc(C(F)(F)F)c2)cc1.O=C(O)C(F)(F)F. The maximum atomic E-state index is 13.1. The highest BCUT2D eigenvalue weighted by Gasteiger charge is 2.38. The van der Waals surface area contributed by atoms with Crippen LogP contribution in [0.1, 0.15) is 27.8 Å². The van der Waals surface area contributed by atoms with Gasteiger partial charge in [0.1, 0.15) is 12.4 Å². The van der Waals surface area contributed by atoms with E-state index in [-0.39, 0.29) is 0 Å². The zero-order chi connectivity index (χ0) is 29.5. The van der Waals surface area contributed by atoms with Crippen LogP contribution in [0.15, 0.2) is 72.9 Å². The summed E-state index contributed by atoms with van der Waals surface area (Å²) in [6, 6.07) is 20.4. The fourth-order valence-electron chi connectivity index (χ4n) is 3.81. The standard InChI is InChI=1S/C26H22F3N3O.C2HF3O2/c27-26(28,29)22-3-1-2-20(12-22)15-32-16-21(10-11-30)24-13-23(8-9-25(24)32)33-17-19-6-4-18(14-31)5-7-19;3-2(4,5)1(6)7/h1-9,12-13,16H,10-11,15,17,30H2;(H,6,7). The quantitative estimate of drug-likeness (QED) is 0.257. The van der Waals surface area contributed by atoms with E-state index in [1.807, 2.05) is 41.1 Å². The number of nitrogens with two attached hydrogens (primary N) is 1. The van der Waals surface area contributed by atoms with Gasteiger partial charge >= 0.3 is 18.3 Å². The van der Waals surface area contributed by atoms with Crippen molar-refractivity contribution in [1.29, 1.82) is 5.26 Å². The first-order valence-electron chi connectivity index (χ1n) is 11.7. The lowest BCUT2D eigenvalue weighted by molar-refractivity contribution is -0.192. The van der Waals surface area contributed by atoms with Crippen molar-refractivity contribution in [1.82, 2.24) is 4.57 Å². The first-order valence-corrected chi connectivity index (χ1v) is 11.7. The summed E-state index contributed by atoms with van der Waals surface area (Å²) in [4.78, 5) is 8.90. The first-order chi connectivity index (χ1) is 18.8. The molecule has 4 rings (SSSR count). The minimum absolute atomic E-state index is 0.316. The molecule has 1 aromatic heterocycles. The van der Waals surface area contributed by atoms with Gasteiger partial charge < -0.3 is 20.1 Å². The van der Waals surface area contributed by atoms with Crippen LogP contribution < -0.4 is 10.5 Å². The van der Waals surface area contributed by atoms with E-state index >= 15 is 0 Å². The molecule has 1 heterocycles. The molecule has 0 saturated carbocycles. The van der Waals surface area contributed by atoms with E-state index in [4.69, 9.17) is 25.6 Å². The molecule has 0 radical (unpaired) electrons. The molecule has 0 aliphatic heterocycles. The molecule has 0 spiro atoms. The minimum atomic E-state index is -5.08. The van der Waals surface area contributed by atoms with Crippen LogP contribution in [-0.4, -0.2) is 28.4 Å². The van der Waals surface area contributed by atoms with E-state index < -0.39 is 23.9 Å². The number of aromatic nitrogens is 1. The van der Waals surface area contributed by atoms with Crippen LogP contribution in [0.25, 0.3) is 10.9 Å². The van der Waals surface area contributed by atoms with Crippen LogP contribution in [-0.2, 0) is 30.5 Å². The first kappa shape index (κ1) is 30.0. The van der Waals surface area contributed by atoms with E-state index in [2.05, 4.69) is 6.07 Å². The normalized spacial score (nSPS) is 11.4. The monoisotopic (exact) mass is 563 g/mol. The number of carboxylic acid groups (broad SMARTS) is 1. The van der Waals surface area contributed by atoms with Gasteiger partial charge in [0, 0.05) is 23.6 Å². The Morgan fingerprint density at radius 3 is 2.23 bits per heavy atom. The second kappa shape index (κ2) is 12.6. The molecule has 4 aromatic rings. The smallest absolute Gasteiger partial charge is 0.489 e. The summed E-state index contributed by atoms with van der Waals surface area (Å²) >= 11 is 0. The summed E-state index contributed by atoms with van der Waals surface area (Å²) in [5.74, 6) is -2.07. The third-order valence-corrected chi connectivity index (χ3v) is 5.69. The van der Waals surface area contributed by atoms with Gasteiger partial charge in [-0.25, -0.2) is 4.79 Å². The Kier molecular flexibility index (Phi) is 9.44. The van der Waals surface area contributed by atoms with Crippen molar-refractivity contribution < 1.29 is 41.0 Å². The summed E-state index contributed by atoms with van der Waals surface area (Å²) in [5, 5.41) is 17.0. The molecule has 0 saturated heterocycles. The van der Waals surface area contributed by atoms with Crippen LogP contribution in [0.3, 0.4) is 0 Å². The lowest BCUT2D eigenvalue weighted by Gasteiger charge is -2.11. The van der Waals surface area contributed by atoms with Crippen molar-refractivity contribution in [3.05, 3.63) is 101 Å². The van der Waals surface area contributed by atoms with Crippen molar-refractivity contribution in [2.75, 3.05) is 6.54 Å². The van der Waals surface area contributed by atoms with Crippen molar-refractivity contribution in [3.8, 4) is 11.8 Å². The fourth-order valence-corrected chi connectivity index (χ4v) is 3.81. The highest BCUT2D eigenvalue weighted by molar-refractivity contribution is 5.85. The van der Waals surface area contributed by atoms with Crippen LogP contribution in [0.2, 0.25) is 0 Å². The van der Waals surface area contributed by atoms with Crippen LogP contribution in [0.4, 0.5) is 26.3 Å². The zero-order valence-corrected chi connectivity index (χ0v) is 20.8. The number of hydrogen-bond donors (Lipinski definition) is 2. The number of ether oxygens (including phenoxy) is 1. The Morgan fingerprint density at radius 2 is 1.65 bits per heavy atom. The third-order valence-electron chi connectivity index (χ3n) is 5.69. The number of fused-ring (bicyclic) bond motifs is 1. The summed E-state index contributed by atoms with van der Waals surface area (Å²) in [7, 11) is 0. The highest BCUT2D eigenvalue weighted by atomic mass is 19.4. The van der Waals surface area contributed by atoms with Crippen LogP contribution >= 0.6 is 0 Å². The molecule has 3 N–H and O–H groups in total. The number of aliphatic carboxylic acids is 1. The van der Waals surface area contributed by atoms with Gasteiger partial charge in [-0.05, 0) is 72.1 Å². The van der Waals surface area contributed by atoms with Gasteiger partial charge in [-0.1, -0.05) is 24.3 Å². The maximum absolute atomic E-state index is 13.1. The third kappa shape index (κ3) is 8.00. The predicted octanol–water partition coefficient (Wildman–Crippen LogP) is 6.29. The Morgan fingerprint density at radius 1 is 0.975 bits per heavy atom. The average Bonchev–Trinajstić information content (AvgIpc) is 3.23. The molecule has 40 heavy (non-hydrogen) atoms. The Balaban J connectivity index is 0.000000559. The number of rotatable bonds is 7. The molecule has 0 aliphatic rings. The molecule has 210 valence electrons. The second-order valence-corrected chi connectivity index (χ2v) is 8.60. The van der Waals surface area contributed by atoms with Crippen molar-refractivity contribution in [3.63, 3.8) is 0 Å². The molecule has 12 heteroatoms. The molecule has 0 bridgehead atoms. The number of alkyl halides is 6. The topological polar surface area (TPSA) is 101 Å². The number of halogens is 6. The number of carboxylic acids is 1. The minimum Gasteiger partial charge on any atom is -0.489 e. The largest absolute Gasteiger partial charge is 0.490 e. The summed E-state index contributed by atoms with van der Waals surface area (Å²) in [6.45, 7) is 1.13. The zero-order valence-electron chi connectivity index (χ0n) is 20.8. The average molecular weight is 563 g/mol. The van der Waals surface area contributed by atoms with E-state index in [0.29, 0.717) is 43.0 Å². The number of hydrogen-bond acceptors (Lipinski definition) is 4. The van der Waals surface area contributed by atoms with Gasteiger partial charge in [0.05, 0.1) is 17.2 Å². The maximum Gasteiger partial charge on any atom is 0.490 e.